The van der Waals surface area contributed by atoms with E-state index in [2.05, 4.69) is 37.8 Å². The molecule has 2 unspecified atom stereocenters. The average molecular weight is 217 g/mol. The number of ether oxygens (including phenoxy) is 1. The lowest BCUT2D eigenvalue weighted by molar-refractivity contribution is 0.0836. The van der Waals surface area contributed by atoms with Crippen molar-refractivity contribution in [3.8, 4) is 0 Å². The summed E-state index contributed by atoms with van der Waals surface area (Å²) in [6.45, 7) is 9.66. The lowest BCUT2D eigenvalue weighted by atomic mass is 10.1. The van der Waals surface area contributed by atoms with Crippen LogP contribution in [0.25, 0.3) is 0 Å². The van der Waals surface area contributed by atoms with Crippen LogP contribution in [0.2, 0.25) is 0 Å². The predicted octanol–water partition coefficient (Wildman–Crippen LogP) is 2.14. The van der Waals surface area contributed by atoms with E-state index in [1.807, 2.05) is 0 Å². The largest absolute Gasteiger partial charge is 0.380 e. The topological polar surface area (TPSA) is 21.3 Å². The lowest BCUT2D eigenvalue weighted by Crippen LogP contribution is -2.45. The second kappa shape index (κ2) is 6.70. The van der Waals surface area contributed by atoms with E-state index in [-0.39, 0.29) is 0 Å². The van der Waals surface area contributed by atoms with E-state index in [9.17, 15) is 0 Å². The number of nitrogens with one attached hydrogen (secondary N) is 1. The molecule has 1 heterocycles. The summed E-state index contributed by atoms with van der Waals surface area (Å²) < 4.78 is 5.53. The van der Waals surface area contributed by atoms with Crippen molar-refractivity contribution in [3.63, 3.8) is 0 Å². The smallest absolute Gasteiger partial charge is 0.0600 e. The van der Waals surface area contributed by atoms with Gasteiger partial charge in [-0.2, -0.15) is 11.8 Å². The Morgan fingerprint density at radius 2 is 2.29 bits per heavy atom. The highest BCUT2D eigenvalue weighted by molar-refractivity contribution is 8.00. The van der Waals surface area contributed by atoms with Gasteiger partial charge in [-0.15, -0.1) is 0 Å². The molecule has 14 heavy (non-hydrogen) atoms. The molecule has 0 saturated carbocycles. The van der Waals surface area contributed by atoms with Gasteiger partial charge < -0.3 is 10.1 Å². The van der Waals surface area contributed by atoms with E-state index in [0.717, 1.165) is 25.7 Å². The van der Waals surface area contributed by atoms with Crippen molar-refractivity contribution < 1.29 is 4.74 Å². The van der Waals surface area contributed by atoms with Gasteiger partial charge in [-0.05, 0) is 24.6 Å². The van der Waals surface area contributed by atoms with Crippen LogP contribution in [-0.2, 0) is 4.74 Å². The number of hydrogen-bond donors (Lipinski definition) is 1. The number of rotatable bonds is 5. The van der Waals surface area contributed by atoms with E-state index in [4.69, 9.17) is 4.74 Å². The third-order valence-electron chi connectivity index (χ3n) is 2.41. The summed E-state index contributed by atoms with van der Waals surface area (Å²) >= 11 is 2.07. The minimum atomic E-state index is 0.658. The zero-order valence-corrected chi connectivity index (χ0v) is 10.4. The van der Waals surface area contributed by atoms with Gasteiger partial charge in [0.25, 0.3) is 0 Å². The van der Waals surface area contributed by atoms with Crippen molar-refractivity contribution in [3.05, 3.63) is 0 Å². The Morgan fingerprint density at radius 1 is 1.50 bits per heavy atom. The van der Waals surface area contributed by atoms with Crippen molar-refractivity contribution in [1.29, 1.82) is 0 Å². The molecule has 0 aliphatic carbocycles. The molecular formula is C11H23NOS. The summed E-state index contributed by atoms with van der Waals surface area (Å²) in [4.78, 5) is 0. The van der Waals surface area contributed by atoms with Gasteiger partial charge in [-0.25, -0.2) is 0 Å². The van der Waals surface area contributed by atoms with Crippen molar-refractivity contribution in [2.24, 2.45) is 5.92 Å². The molecule has 1 aliphatic heterocycles. The average Bonchev–Trinajstić information content (AvgIpc) is 2.17. The minimum absolute atomic E-state index is 0.658. The summed E-state index contributed by atoms with van der Waals surface area (Å²) in [6, 6.07) is 0.664. The van der Waals surface area contributed by atoms with Crippen LogP contribution in [0.3, 0.4) is 0 Å². The Balaban J connectivity index is 2.30. The van der Waals surface area contributed by atoms with E-state index < -0.39 is 0 Å². The first kappa shape index (κ1) is 12.3. The van der Waals surface area contributed by atoms with Crippen LogP contribution < -0.4 is 5.32 Å². The van der Waals surface area contributed by atoms with Crippen molar-refractivity contribution in [1.82, 2.24) is 5.32 Å². The van der Waals surface area contributed by atoms with Crippen LogP contribution in [0.15, 0.2) is 0 Å². The van der Waals surface area contributed by atoms with Gasteiger partial charge in [0.2, 0.25) is 0 Å². The van der Waals surface area contributed by atoms with Gasteiger partial charge in [0.05, 0.1) is 6.61 Å². The van der Waals surface area contributed by atoms with E-state index in [1.54, 1.807) is 0 Å². The van der Waals surface area contributed by atoms with Gasteiger partial charge in [0.1, 0.15) is 0 Å². The molecule has 1 aliphatic rings. The van der Waals surface area contributed by atoms with Crippen LogP contribution >= 0.6 is 11.8 Å². The minimum Gasteiger partial charge on any atom is -0.380 e. The first-order valence-electron chi connectivity index (χ1n) is 5.66. The maximum atomic E-state index is 5.53. The van der Waals surface area contributed by atoms with Crippen molar-refractivity contribution >= 4 is 11.8 Å². The molecule has 3 heteroatoms. The van der Waals surface area contributed by atoms with Gasteiger partial charge >= 0.3 is 0 Å². The van der Waals surface area contributed by atoms with E-state index in [0.29, 0.717) is 11.3 Å². The molecule has 2 atom stereocenters. The first-order chi connectivity index (χ1) is 6.74. The van der Waals surface area contributed by atoms with Crippen molar-refractivity contribution in [2.75, 3.05) is 25.5 Å². The quantitative estimate of drug-likeness (QED) is 0.762. The van der Waals surface area contributed by atoms with Gasteiger partial charge in [-0.3, -0.25) is 0 Å². The summed E-state index contributed by atoms with van der Waals surface area (Å²) in [6.07, 6.45) is 1.17. The molecule has 1 N–H and O–H groups in total. The molecule has 1 saturated heterocycles. The maximum absolute atomic E-state index is 5.53. The summed E-state index contributed by atoms with van der Waals surface area (Å²) in [7, 11) is 0. The molecular weight excluding hydrogens is 194 g/mol. The van der Waals surface area contributed by atoms with Gasteiger partial charge in [-0.1, -0.05) is 20.8 Å². The third-order valence-corrected chi connectivity index (χ3v) is 4.17. The molecule has 1 fully saturated rings. The Morgan fingerprint density at radius 3 is 2.93 bits per heavy atom. The summed E-state index contributed by atoms with van der Waals surface area (Å²) in [5.74, 6) is 2.03. The molecule has 0 bridgehead atoms. The monoisotopic (exact) mass is 217 g/mol. The normalized spacial score (nSPS) is 28.3. The maximum Gasteiger partial charge on any atom is 0.0600 e. The number of thioether (sulfide) groups is 1. The van der Waals surface area contributed by atoms with Crippen LogP contribution in [0, 0.1) is 5.92 Å². The van der Waals surface area contributed by atoms with E-state index >= 15 is 0 Å². The van der Waals surface area contributed by atoms with Crippen molar-refractivity contribution in [2.45, 2.75) is 38.5 Å². The third kappa shape index (κ3) is 4.20. The Kier molecular flexibility index (Phi) is 5.90. The summed E-state index contributed by atoms with van der Waals surface area (Å²) in [5, 5.41) is 4.22. The summed E-state index contributed by atoms with van der Waals surface area (Å²) in [5.41, 5.74) is 0. The zero-order chi connectivity index (χ0) is 10.4. The fourth-order valence-corrected chi connectivity index (χ4v) is 2.98. The van der Waals surface area contributed by atoms with Crippen LogP contribution in [-0.4, -0.2) is 36.8 Å². The second-order valence-corrected chi connectivity index (χ2v) is 5.57. The highest BCUT2D eigenvalue weighted by atomic mass is 32.2. The Hall–Kier alpha value is 0.270. The highest BCUT2D eigenvalue weighted by Crippen LogP contribution is 2.23. The first-order valence-corrected chi connectivity index (χ1v) is 6.71. The molecule has 0 aromatic carbocycles. The molecule has 1 rings (SSSR count). The SMILES string of the molecule is CCNC1CCOCC1SCC(C)C. The van der Waals surface area contributed by atoms with E-state index in [1.165, 1.54) is 12.2 Å². The Bertz CT molecular complexity index is 150. The van der Waals surface area contributed by atoms with Gasteiger partial charge in [0, 0.05) is 17.9 Å². The molecule has 84 valence electrons. The van der Waals surface area contributed by atoms with Gasteiger partial charge in [0.15, 0.2) is 0 Å². The standard InChI is InChI=1S/C11H23NOS/c1-4-12-10-5-6-13-7-11(10)14-8-9(2)3/h9-12H,4-8H2,1-3H3. The molecule has 0 radical (unpaired) electrons. The predicted molar refractivity (Wildman–Crippen MR) is 64.0 cm³/mol. The molecule has 0 aromatic rings. The molecule has 0 amide bonds. The second-order valence-electron chi connectivity index (χ2n) is 4.29. The molecule has 0 aromatic heterocycles. The fourth-order valence-electron chi connectivity index (χ4n) is 1.69. The molecule has 0 spiro atoms. The number of hydrogen-bond acceptors (Lipinski definition) is 3. The lowest BCUT2D eigenvalue weighted by Gasteiger charge is -2.32. The van der Waals surface area contributed by atoms with Crippen LogP contribution in [0.5, 0.6) is 0 Å². The fraction of sp³-hybridized carbons (Fsp3) is 1.00. The molecule has 2 nitrogen and oxygen atoms in total. The zero-order valence-electron chi connectivity index (χ0n) is 9.58. The Labute approximate surface area is 92.2 Å². The highest BCUT2D eigenvalue weighted by Gasteiger charge is 2.25. The van der Waals surface area contributed by atoms with Crippen LogP contribution in [0.4, 0.5) is 0 Å². The van der Waals surface area contributed by atoms with Crippen LogP contribution in [0.1, 0.15) is 27.2 Å².